The Kier molecular flexibility index (Phi) is 5.59. The van der Waals surface area contributed by atoms with Gasteiger partial charge in [-0.1, -0.05) is 0 Å². The largest absolute Gasteiger partial charge is 0.358 e. The molecule has 136 valence electrons. The summed E-state index contributed by atoms with van der Waals surface area (Å²) in [5.74, 6) is 0. The zero-order valence-electron chi connectivity index (χ0n) is 16.2. The van der Waals surface area contributed by atoms with Crippen molar-refractivity contribution in [3.05, 3.63) is 81.9 Å². The molecule has 0 N–H and O–H groups in total. The maximum absolute atomic E-state index is 5.46. The first-order chi connectivity index (χ1) is 11.3. The maximum atomic E-state index is 5.46. The molecule has 2 aromatic carbocycles. The molecule has 0 spiro atoms. The zero-order valence-corrected chi connectivity index (χ0v) is 17.2. The van der Waals surface area contributed by atoms with E-state index in [1.165, 1.54) is 44.8 Å². The van der Waals surface area contributed by atoms with Crippen molar-refractivity contribution in [2.75, 3.05) is 0 Å². The van der Waals surface area contributed by atoms with Crippen molar-refractivity contribution in [2.24, 2.45) is 0 Å². The van der Waals surface area contributed by atoms with Gasteiger partial charge in [-0.05, 0) is 0 Å². The number of nitrogens with zero attached hydrogens (tertiary/aromatic N) is 2. The van der Waals surface area contributed by atoms with Crippen LogP contribution in [0.15, 0.2) is 36.7 Å². The number of hydrogen-bond donors (Lipinski definition) is 0. The fourth-order valence-corrected chi connectivity index (χ4v) is 4.16. The van der Waals surface area contributed by atoms with Gasteiger partial charge in [-0.25, -0.2) is 0 Å². The molecule has 0 fully saturated rings. The van der Waals surface area contributed by atoms with E-state index in [1.54, 1.807) is 0 Å². The van der Waals surface area contributed by atoms with Crippen LogP contribution in [0.5, 0.6) is 0 Å². The summed E-state index contributed by atoms with van der Waals surface area (Å²) in [6.45, 7) is 12.9. The van der Waals surface area contributed by atoms with Crippen molar-refractivity contribution in [3.8, 4) is 11.4 Å². The van der Waals surface area contributed by atoms with Gasteiger partial charge >= 0.3 is 152 Å². The molecule has 0 unspecified atom stereocenters. The Morgan fingerprint density at radius 3 is 1.16 bits per heavy atom. The van der Waals surface area contributed by atoms with Crippen molar-refractivity contribution >= 4 is 0 Å². The number of hydrogen-bond acceptors (Lipinski definition) is 0. The molecule has 0 aliphatic heterocycles. The molecule has 3 heteroatoms. The van der Waals surface area contributed by atoms with Gasteiger partial charge in [-0.3, -0.25) is 0 Å². The van der Waals surface area contributed by atoms with Gasteiger partial charge in [0, 0.05) is 0 Å². The third-order valence-corrected chi connectivity index (χ3v) is 4.96. The number of benzene rings is 2. The summed E-state index contributed by atoms with van der Waals surface area (Å²) in [4.78, 5) is 0. The van der Waals surface area contributed by atoms with E-state index in [0.717, 1.165) is 4.40 Å². The van der Waals surface area contributed by atoms with Crippen molar-refractivity contribution in [1.82, 2.24) is 9.13 Å². The molecule has 1 aromatic heterocycles. The summed E-state index contributed by atoms with van der Waals surface area (Å²) in [6.07, 6.45) is 4.17. The van der Waals surface area contributed by atoms with E-state index >= 15 is 0 Å². The maximum Gasteiger partial charge on any atom is -0.358 e. The first-order valence-electron chi connectivity index (χ1n) is 8.21. The summed E-state index contributed by atoms with van der Waals surface area (Å²) in [7, 11) is 0. The van der Waals surface area contributed by atoms with Gasteiger partial charge in [0.1, 0.15) is 0 Å². The van der Waals surface area contributed by atoms with Crippen LogP contribution in [0, 0.1) is 53.4 Å². The van der Waals surface area contributed by atoms with E-state index in [-0.39, 0.29) is 7.43 Å². The van der Waals surface area contributed by atoms with Gasteiger partial charge in [0.15, 0.2) is 0 Å². The summed E-state index contributed by atoms with van der Waals surface area (Å²) in [6, 6.07) is 8.87. The minimum absolute atomic E-state index is 0. The standard InChI is InChI=1S/C21H24N2.CH3.Ni/c1-14-9-16(3)20(17(4)10-14)22-7-8-23(13-22)21-18(5)11-15(2)12-19(21)6;;/h7-12H,1-6H3;1H3;/q;-1;. The predicted octanol–water partition coefficient (Wildman–Crippen LogP) is 5.65. The Morgan fingerprint density at radius 1 is 0.600 bits per heavy atom. The van der Waals surface area contributed by atoms with Gasteiger partial charge in [0.2, 0.25) is 0 Å². The second-order valence-electron chi connectivity index (χ2n) is 6.77. The third-order valence-electron chi connectivity index (χ3n) is 4.49. The molecule has 25 heavy (non-hydrogen) atoms. The number of imidazole rings is 1. The molecule has 0 saturated carbocycles. The Labute approximate surface area is 159 Å². The van der Waals surface area contributed by atoms with Crippen molar-refractivity contribution in [1.29, 1.82) is 0 Å². The minimum atomic E-state index is 0. The van der Waals surface area contributed by atoms with E-state index in [9.17, 15) is 0 Å². The Morgan fingerprint density at radius 2 is 0.880 bits per heavy atom. The Balaban J connectivity index is 0.00000225. The quantitative estimate of drug-likeness (QED) is 0.403. The number of aromatic nitrogens is 2. The average molecular weight is 378 g/mol. The second kappa shape index (κ2) is 7.18. The van der Waals surface area contributed by atoms with E-state index in [4.69, 9.17) is 15.0 Å². The van der Waals surface area contributed by atoms with E-state index in [0.29, 0.717) is 0 Å². The summed E-state index contributed by atoms with van der Waals surface area (Å²) >= 11 is 5.46. The van der Waals surface area contributed by atoms with E-state index in [1.807, 2.05) is 0 Å². The molecule has 2 nitrogen and oxygen atoms in total. The van der Waals surface area contributed by atoms with Crippen LogP contribution < -0.4 is 0 Å². The molecule has 0 atom stereocenters. The molecule has 3 rings (SSSR count). The van der Waals surface area contributed by atoms with Crippen LogP contribution in [0.4, 0.5) is 0 Å². The number of rotatable bonds is 2. The molecule has 0 amide bonds. The van der Waals surface area contributed by atoms with Crippen LogP contribution >= 0.6 is 0 Å². The summed E-state index contributed by atoms with van der Waals surface area (Å²) in [5, 5.41) is 0. The normalized spacial score (nSPS) is 10.7. The van der Waals surface area contributed by atoms with Gasteiger partial charge < -0.3 is 7.43 Å². The fraction of sp³-hybridized carbons (Fsp3) is 0.273. The monoisotopic (exact) mass is 377 g/mol. The van der Waals surface area contributed by atoms with Crippen LogP contribution in [0.3, 0.4) is 0 Å². The third kappa shape index (κ3) is 3.44. The van der Waals surface area contributed by atoms with Gasteiger partial charge in [-0.2, -0.15) is 0 Å². The Bertz CT molecular complexity index is 865. The summed E-state index contributed by atoms with van der Waals surface area (Å²) < 4.78 is 5.13. The van der Waals surface area contributed by atoms with Crippen molar-refractivity contribution in [3.63, 3.8) is 0 Å². The first-order valence-corrected chi connectivity index (χ1v) is 8.71. The molecule has 1 heterocycles. The van der Waals surface area contributed by atoms with Crippen LogP contribution in [-0.4, -0.2) is 9.13 Å². The number of aryl methyl sites for hydroxylation is 6. The van der Waals surface area contributed by atoms with Crippen LogP contribution in [0.25, 0.3) is 11.4 Å². The topological polar surface area (TPSA) is 9.86 Å². The molecular formula is C22H27N2Ni-. The molecule has 3 aromatic rings. The minimum Gasteiger partial charge on any atom is -0.358 e. The van der Waals surface area contributed by atoms with E-state index < -0.39 is 0 Å². The van der Waals surface area contributed by atoms with Crippen LogP contribution in [0.1, 0.15) is 33.4 Å². The first kappa shape index (κ1) is 19.5. The zero-order chi connectivity index (χ0) is 17.6. The average Bonchev–Trinajstić information content (AvgIpc) is 2.79. The second-order valence-corrected chi connectivity index (χ2v) is 7.22. The van der Waals surface area contributed by atoms with Crippen molar-refractivity contribution in [2.45, 2.75) is 41.5 Å². The van der Waals surface area contributed by atoms with Crippen molar-refractivity contribution < 1.29 is 15.0 Å². The molecule has 0 bridgehead atoms. The molecule has 0 aliphatic rings. The molecular weight excluding hydrogens is 351 g/mol. The van der Waals surface area contributed by atoms with Gasteiger partial charge in [0.25, 0.3) is 0 Å². The van der Waals surface area contributed by atoms with Crippen LogP contribution in [0.2, 0.25) is 0 Å². The Hall–Kier alpha value is -1.86. The summed E-state index contributed by atoms with van der Waals surface area (Å²) in [5.41, 5.74) is 9.99. The smallest absolute Gasteiger partial charge is 0.358 e. The SMILES string of the molecule is Cc1cc(C)c(-n2ccn(-c3c(C)cc(C)cc3C)[c]2=[Ni])c(C)c1.[CH3-]. The predicted molar refractivity (Wildman–Crippen MR) is 103 cm³/mol. The van der Waals surface area contributed by atoms with Crippen LogP contribution in [-0.2, 0) is 15.0 Å². The molecule has 0 aliphatic carbocycles. The molecule has 0 saturated heterocycles. The van der Waals surface area contributed by atoms with Gasteiger partial charge in [-0.15, -0.1) is 0 Å². The fourth-order valence-electron chi connectivity index (χ4n) is 3.79. The molecule has 0 radical (unpaired) electrons. The van der Waals surface area contributed by atoms with Gasteiger partial charge in [0.05, 0.1) is 0 Å². The van der Waals surface area contributed by atoms with E-state index in [2.05, 4.69) is 87.3 Å².